The minimum atomic E-state index is -0.384. The van der Waals surface area contributed by atoms with Crippen LogP contribution in [0.5, 0.6) is 0 Å². The summed E-state index contributed by atoms with van der Waals surface area (Å²) in [7, 11) is 0. The number of amides is 2. The molecule has 0 aromatic heterocycles. The van der Waals surface area contributed by atoms with Gasteiger partial charge in [0.1, 0.15) is 5.82 Å². The lowest BCUT2D eigenvalue weighted by Gasteiger charge is -2.40. The highest BCUT2D eigenvalue weighted by Gasteiger charge is 2.36. The monoisotopic (exact) mass is 521 g/mol. The zero-order valence-electron chi connectivity index (χ0n) is 21.7. The van der Waals surface area contributed by atoms with Crippen LogP contribution in [-0.2, 0) is 4.79 Å². The third-order valence-corrected chi connectivity index (χ3v) is 7.43. The topological polar surface area (TPSA) is 52.7 Å². The Balaban J connectivity index is 1.70. The van der Waals surface area contributed by atoms with Gasteiger partial charge < -0.3 is 15.1 Å². The number of halogens is 2. The van der Waals surface area contributed by atoms with Gasteiger partial charge in [-0.15, -0.1) is 0 Å². The molecule has 194 valence electrons. The average Bonchev–Trinajstić information content (AvgIpc) is 2.89. The van der Waals surface area contributed by atoms with E-state index in [1.165, 1.54) is 24.3 Å². The van der Waals surface area contributed by atoms with Crippen LogP contribution in [0.25, 0.3) is 0 Å². The summed E-state index contributed by atoms with van der Waals surface area (Å²) >= 11 is 6.02. The first kappa shape index (κ1) is 26.7. The van der Waals surface area contributed by atoms with E-state index in [1.807, 2.05) is 38.1 Å². The highest BCUT2D eigenvalue weighted by Crippen LogP contribution is 2.40. The van der Waals surface area contributed by atoms with Crippen molar-refractivity contribution >= 4 is 34.8 Å². The molecule has 4 rings (SSSR count). The van der Waals surface area contributed by atoms with Crippen molar-refractivity contribution in [2.45, 2.75) is 52.1 Å². The van der Waals surface area contributed by atoms with Crippen molar-refractivity contribution in [2.24, 2.45) is 0 Å². The summed E-state index contributed by atoms with van der Waals surface area (Å²) in [5.74, 6) is -1.02. The number of carbonyl (C=O) groups is 2. The normalized spacial score (nSPS) is 17.6. The smallest absolute Gasteiger partial charge is 0.258 e. The van der Waals surface area contributed by atoms with Crippen molar-refractivity contribution in [3.8, 4) is 0 Å². The summed E-state index contributed by atoms with van der Waals surface area (Å²) in [4.78, 5) is 30.9. The second kappa shape index (κ2) is 11.3. The molecule has 0 radical (unpaired) electrons. The van der Waals surface area contributed by atoms with E-state index in [0.29, 0.717) is 17.0 Å². The summed E-state index contributed by atoms with van der Waals surface area (Å²) in [6.45, 7) is 9.74. The van der Waals surface area contributed by atoms with Crippen LogP contribution in [0.15, 0.2) is 66.7 Å². The molecule has 7 heteroatoms. The second-order valence-electron chi connectivity index (χ2n) is 9.52. The molecule has 0 spiro atoms. The predicted molar refractivity (Wildman–Crippen MR) is 148 cm³/mol. The molecule has 1 heterocycles. The summed E-state index contributed by atoms with van der Waals surface area (Å²) in [5, 5.41) is 3.88. The molecule has 37 heavy (non-hydrogen) atoms. The zero-order chi connectivity index (χ0) is 26.7. The fourth-order valence-electron chi connectivity index (χ4n) is 5.01. The third kappa shape index (κ3) is 5.64. The van der Waals surface area contributed by atoms with Crippen LogP contribution in [-0.4, -0.2) is 30.9 Å². The molecule has 1 aliphatic rings. The van der Waals surface area contributed by atoms with Crippen LogP contribution in [0.1, 0.15) is 67.6 Å². The van der Waals surface area contributed by atoms with Gasteiger partial charge in [-0.25, -0.2) is 4.39 Å². The van der Waals surface area contributed by atoms with E-state index < -0.39 is 0 Å². The Bertz CT molecular complexity index is 1260. The Morgan fingerprint density at radius 3 is 2.32 bits per heavy atom. The van der Waals surface area contributed by atoms with Gasteiger partial charge in [0.2, 0.25) is 5.91 Å². The fourth-order valence-corrected chi connectivity index (χ4v) is 5.14. The Kier molecular flexibility index (Phi) is 8.18. The number of carbonyl (C=O) groups excluding carboxylic acids is 2. The van der Waals surface area contributed by atoms with Crippen LogP contribution in [0.2, 0.25) is 5.02 Å². The lowest BCUT2D eigenvalue weighted by molar-refractivity contribution is -0.123. The number of anilines is 2. The average molecular weight is 522 g/mol. The molecule has 3 aromatic rings. The third-order valence-electron chi connectivity index (χ3n) is 7.18. The van der Waals surface area contributed by atoms with E-state index in [4.69, 9.17) is 11.6 Å². The van der Waals surface area contributed by atoms with Crippen molar-refractivity contribution in [1.82, 2.24) is 5.32 Å². The number of benzene rings is 3. The Labute approximate surface area is 223 Å². The highest BCUT2D eigenvalue weighted by molar-refractivity contribution is 6.30. The van der Waals surface area contributed by atoms with E-state index in [2.05, 4.69) is 30.1 Å². The minimum Gasteiger partial charge on any atom is -0.372 e. The van der Waals surface area contributed by atoms with E-state index in [-0.39, 0.29) is 35.6 Å². The number of hydrogen-bond donors (Lipinski definition) is 1. The van der Waals surface area contributed by atoms with Crippen molar-refractivity contribution in [3.05, 3.63) is 94.3 Å². The quantitative estimate of drug-likeness (QED) is 0.375. The van der Waals surface area contributed by atoms with Crippen molar-refractivity contribution < 1.29 is 14.0 Å². The van der Waals surface area contributed by atoms with Gasteiger partial charge in [-0.2, -0.15) is 0 Å². The molecule has 0 saturated carbocycles. The van der Waals surface area contributed by atoms with Gasteiger partial charge in [0, 0.05) is 46.7 Å². The predicted octanol–water partition coefficient (Wildman–Crippen LogP) is 6.73. The fraction of sp³-hybridized carbons (Fsp3) is 0.333. The Hall–Kier alpha value is -3.38. The van der Waals surface area contributed by atoms with E-state index in [9.17, 15) is 14.0 Å². The van der Waals surface area contributed by atoms with Crippen LogP contribution in [0.3, 0.4) is 0 Å². The Morgan fingerprint density at radius 2 is 1.70 bits per heavy atom. The van der Waals surface area contributed by atoms with Gasteiger partial charge in [0.15, 0.2) is 0 Å². The maximum atomic E-state index is 13.6. The molecule has 0 bridgehead atoms. The molecule has 5 nitrogen and oxygen atoms in total. The standard InChI is InChI=1S/C30H33ClFN3O2/c1-5-34(6-2)25-15-16-28-26(18-25)27(33-29(36)20(4)21-7-11-23(31)12-8-21)17-19(3)35(28)30(37)22-9-13-24(32)14-10-22/h7-16,18-20,27H,5-6,17H2,1-4H3,(H,33,36)/t19-,20?,27+/m0/s1. The molecular formula is C30H33ClFN3O2. The SMILES string of the molecule is CCN(CC)c1ccc2c(c1)[C@H](NC(=O)C(C)c1ccc(Cl)cc1)C[C@H](C)N2C(=O)c1ccc(F)cc1. The molecule has 0 aliphatic carbocycles. The summed E-state index contributed by atoms with van der Waals surface area (Å²) < 4.78 is 13.5. The number of hydrogen-bond acceptors (Lipinski definition) is 3. The summed E-state index contributed by atoms with van der Waals surface area (Å²) in [5.41, 5.74) is 4.00. The second-order valence-corrected chi connectivity index (χ2v) is 9.95. The van der Waals surface area contributed by atoms with E-state index in [1.54, 1.807) is 17.0 Å². The Morgan fingerprint density at radius 1 is 1.05 bits per heavy atom. The molecule has 3 aromatic carbocycles. The number of nitrogens with zero attached hydrogens (tertiary/aromatic N) is 2. The first-order valence-corrected chi connectivity index (χ1v) is 13.1. The molecule has 2 amide bonds. The van der Waals surface area contributed by atoms with Crippen LogP contribution >= 0.6 is 11.6 Å². The molecule has 1 aliphatic heterocycles. The number of nitrogens with one attached hydrogen (secondary N) is 1. The van der Waals surface area contributed by atoms with E-state index >= 15 is 0 Å². The van der Waals surface area contributed by atoms with Crippen molar-refractivity contribution in [2.75, 3.05) is 22.9 Å². The molecule has 0 fully saturated rings. The van der Waals surface area contributed by atoms with E-state index in [0.717, 1.165) is 35.6 Å². The highest BCUT2D eigenvalue weighted by atomic mass is 35.5. The van der Waals surface area contributed by atoms with Crippen molar-refractivity contribution in [1.29, 1.82) is 0 Å². The lowest BCUT2D eigenvalue weighted by Crippen LogP contribution is -2.47. The van der Waals surface area contributed by atoms with Gasteiger partial charge in [0.25, 0.3) is 5.91 Å². The van der Waals surface area contributed by atoms with Crippen LogP contribution in [0, 0.1) is 5.82 Å². The molecule has 1 unspecified atom stereocenters. The maximum absolute atomic E-state index is 13.6. The van der Waals surface area contributed by atoms with Gasteiger partial charge in [0.05, 0.1) is 12.0 Å². The largest absolute Gasteiger partial charge is 0.372 e. The first-order valence-electron chi connectivity index (χ1n) is 12.8. The van der Waals surface area contributed by atoms with Crippen LogP contribution < -0.4 is 15.1 Å². The molecule has 3 atom stereocenters. The molecule has 1 N–H and O–H groups in total. The van der Waals surface area contributed by atoms with Gasteiger partial charge >= 0.3 is 0 Å². The summed E-state index contributed by atoms with van der Waals surface area (Å²) in [6, 6.07) is 18.5. The van der Waals surface area contributed by atoms with Crippen molar-refractivity contribution in [3.63, 3.8) is 0 Å². The lowest BCUT2D eigenvalue weighted by atomic mass is 9.89. The summed E-state index contributed by atoms with van der Waals surface area (Å²) in [6.07, 6.45) is 0.556. The molecular weight excluding hydrogens is 489 g/mol. The van der Waals surface area contributed by atoms with Gasteiger partial charge in [-0.05, 0) is 94.3 Å². The van der Waals surface area contributed by atoms with Gasteiger partial charge in [-0.1, -0.05) is 23.7 Å². The minimum absolute atomic E-state index is 0.0861. The number of rotatable bonds is 7. The van der Waals surface area contributed by atoms with Crippen LogP contribution in [0.4, 0.5) is 15.8 Å². The maximum Gasteiger partial charge on any atom is 0.258 e. The van der Waals surface area contributed by atoms with Gasteiger partial charge in [-0.3, -0.25) is 9.59 Å². The zero-order valence-corrected chi connectivity index (χ0v) is 22.4. The first-order chi connectivity index (χ1) is 17.7. The molecule has 0 saturated heterocycles. The number of fused-ring (bicyclic) bond motifs is 1.